The van der Waals surface area contributed by atoms with Gasteiger partial charge in [0.05, 0.1) is 38.7 Å². The predicted octanol–water partition coefficient (Wildman–Crippen LogP) is 6.58. The summed E-state index contributed by atoms with van der Waals surface area (Å²) in [4.78, 5) is 29.5. The number of carboxylic acid groups (broad SMARTS) is 1. The highest BCUT2D eigenvalue weighted by atomic mass is 127. The SMILES string of the molecule is COc1cccc2oc(-c3nc4ccccc4c(=O)n3N=Cc3ccc(OCc4cccc(C(=O)O)c4)c(I)c3)cc12. The fourth-order valence-corrected chi connectivity index (χ4v) is 5.20. The molecule has 10 heteroatoms. The van der Waals surface area contributed by atoms with Crippen molar-refractivity contribution in [1.29, 1.82) is 0 Å². The van der Waals surface area contributed by atoms with E-state index < -0.39 is 5.97 Å². The summed E-state index contributed by atoms with van der Waals surface area (Å²) < 4.78 is 19.5. The van der Waals surface area contributed by atoms with Crippen molar-refractivity contribution >= 4 is 56.6 Å². The highest BCUT2D eigenvalue weighted by Gasteiger charge is 2.18. The van der Waals surface area contributed by atoms with Crippen LogP contribution in [0.5, 0.6) is 11.5 Å². The zero-order chi connectivity index (χ0) is 29.2. The molecule has 0 aliphatic carbocycles. The third-order valence-electron chi connectivity index (χ3n) is 6.56. The van der Waals surface area contributed by atoms with Gasteiger partial charge in [0.2, 0.25) is 5.82 Å². The first-order valence-corrected chi connectivity index (χ1v) is 13.9. The molecule has 0 bridgehead atoms. The molecular formula is C32H22IN3O6. The summed E-state index contributed by atoms with van der Waals surface area (Å²) in [6.07, 6.45) is 1.58. The van der Waals surface area contributed by atoms with Gasteiger partial charge in [-0.15, -0.1) is 0 Å². The van der Waals surface area contributed by atoms with E-state index in [1.165, 1.54) is 10.7 Å². The van der Waals surface area contributed by atoms with Crippen LogP contribution in [0.1, 0.15) is 21.5 Å². The quantitative estimate of drug-likeness (QED) is 0.144. The van der Waals surface area contributed by atoms with Gasteiger partial charge >= 0.3 is 5.97 Å². The zero-order valence-corrected chi connectivity index (χ0v) is 24.3. The Labute approximate surface area is 252 Å². The van der Waals surface area contributed by atoms with Crippen LogP contribution in [0.15, 0.2) is 105 Å². The van der Waals surface area contributed by atoms with Gasteiger partial charge in [0.15, 0.2) is 5.76 Å². The van der Waals surface area contributed by atoms with Gasteiger partial charge in [-0.05, 0) is 94.4 Å². The van der Waals surface area contributed by atoms with E-state index in [1.807, 2.05) is 42.5 Å². The Balaban J connectivity index is 1.33. The first-order chi connectivity index (χ1) is 20.4. The number of aromatic carboxylic acids is 1. The number of furan rings is 1. The Kier molecular flexibility index (Phi) is 7.44. The van der Waals surface area contributed by atoms with Crippen LogP contribution >= 0.6 is 22.6 Å². The van der Waals surface area contributed by atoms with Crippen LogP contribution < -0.4 is 15.0 Å². The third kappa shape index (κ3) is 5.36. The molecule has 0 aliphatic rings. The molecule has 208 valence electrons. The molecule has 0 saturated heterocycles. The largest absolute Gasteiger partial charge is 0.496 e. The Bertz CT molecular complexity index is 2060. The Morgan fingerprint density at radius 3 is 2.64 bits per heavy atom. The van der Waals surface area contributed by atoms with Crippen LogP contribution in [0.2, 0.25) is 0 Å². The van der Waals surface area contributed by atoms with Gasteiger partial charge in [0, 0.05) is 0 Å². The van der Waals surface area contributed by atoms with E-state index in [0.29, 0.717) is 33.7 Å². The number of benzene rings is 4. The molecule has 9 nitrogen and oxygen atoms in total. The minimum absolute atomic E-state index is 0.205. The first-order valence-electron chi connectivity index (χ1n) is 12.8. The van der Waals surface area contributed by atoms with Crippen molar-refractivity contribution in [2.45, 2.75) is 6.61 Å². The second-order valence-corrected chi connectivity index (χ2v) is 10.4. The van der Waals surface area contributed by atoms with E-state index >= 15 is 0 Å². The lowest BCUT2D eigenvalue weighted by Crippen LogP contribution is -2.20. The molecule has 2 heterocycles. The molecule has 0 amide bonds. The van der Waals surface area contributed by atoms with Crippen molar-refractivity contribution in [1.82, 2.24) is 9.66 Å². The summed E-state index contributed by atoms with van der Waals surface area (Å²) in [5.74, 6) is 0.923. The summed E-state index contributed by atoms with van der Waals surface area (Å²) in [6, 6.07) is 26.5. The van der Waals surface area contributed by atoms with Crippen LogP contribution in [0.25, 0.3) is 33.5 Å². The number of halogens is 1. The van der Waals surface area contributed by atoms with E-state index in [9.17, 15) is 14.7 Å². The van der Waals surface area contributed by atoms with E-state index in [0.717, 1.165) is 20.1 Å². The third-order valence-corrected chi connectivity index (χ3v) is 7.41. The lowest BCUT2D eigenvalue weighted by molar-refractivity contribution is 0.0696. The molecule has 6 aromatic rings. The van der Waals surface area contributed by atoms with Gasteiger partial charge in [0.1, 0.15) is 23.7 Å². The van der Waals surface area contributed by atoms with E-state index in [4.69, 9.17) is 18.9 Å². The molecular weight excluding hydrogens is 649 g/mol. The molecule has 2 aromatic heterocycles. The van der Waals surface area contributed by atoms with Crippen molar-refractivity contribution in [3.8, 4) is 23.1 Å². The van der Waals surface area contributed by atoms with Gasteiger partial charge in [0.25, 0.3) is 5.56 Å². The number of para-hydroxylation sites is 1. The van der Waals surface area contributed by atoms with Gasteiger partial charge < -0.3 is 19.0 Å². The molecule has 0 fully saturated rings. The maximum absolute atomic E-state index is 13.6. The Morgan fingerprint density at radius 2 is 1.83 bits per heavy atom. The van der Waals surface area contributed by atoms with Crippen molar-refractivity contribution in [2.24, 2.45) is 5.10 Å². The monoisotopic (exact) mass is 671 g/mol. The predicted molar refractivity (Wildman–Crippen MR) is 168 cm³/mol. The van der Waals surface area contributed by atoms with Crippen molar-refractivity contribution in [3.05, 3.63) is 122 Å². The van der Waals surface area contributed by atoms with Crippen molar-refractivity contribution < 1.29 is 23.8 Å². The smallest absolute Gasteiger partial charge is 0.335 e. The normalized spacial score (nSPS) is 11.4. The number of methoxy groups -OCH3 is 1. The van der Waals surface area contributed by atoms with Gasteiger partial charge in [-0.3, -0.25) is 4.79 Å². The van der Waals surface area contributed by atoms with E-state index in [-0.39, 0.29) is 23.6 Å². The van der Waals surface area contributed by atoms with Crippen LogP contribution in [0, 0.1) is 3.57 Å². The number of ether oxygens (including phenoxy) is 2. The second kappa shape index (κ2) is 11.5. The molecule has 0 atom stereocenters. The molecule has 6 rings (SSSR count). The number of carboxylic acids is 1. The number of aromatic nitrogens is 2. The Morgan fingerprint density at radius 1 is 1.00 bits per heavy atom. The molecule has 0 radical (unpaired) electrons. The number of hydrogen-bond donors (Lipinski definition) is 1. The lowest BCUT2D eigenvalue weighted by Gasteiger charge is -2.10. The van der Waals surface area contributed by atoms with E-state index in [1.54, 1.807) is 55.8 Å². The van der Waals surface area contributed by atoms with Crippen LogP contribution in [0.3, 0.4) is 0 Å². The topological polar surface area (TPSA) is 116 Å². The number of hydrogen-bond acceptors (Lipinski definition) is 7. The van der Waals surface area contributed by atoms with E-state index in [2.05, 4.69) is 27.7 Å². The maximum atomic E-state index is 13.6. The molecule has 0 unspecified atom stereocenters. The van der Waals surface area contributed by atoms with Crippen LogP contribution in [0.4, 0.5) is 0 Å². The van der Waals surface area contributed by atoms with Gasteiger partial charge in [-0.2, -0.15) is 9.78 Å². The highest BCUT2D eigenvalue weighted by Crippen LogP contribution is 2.33. The fourth-order valence-electron chi connectivity index (χ4n) is 4.51. The Hall–Kier alpha value is -4.97. The fraction of sp³-hybridized carbons (Fsp3) is 0.0625. The summed E-state index contributed by atoms with van der Waals surface area (Å²) in [6.45, 7) is 0.217. The van der Waals surface area contributed by atoms with Gasteiger partial charge in [-0.25, -0.2) is 9.78 Å². The van der Waals surface area contributed by atoms with Gasteiger partial charge in [-0.1, -0.05) is 30.3 Å². The number of fused-ring (bicyclic) bond motifs is 2. The lowest BCUT2D eigenvalue weighted by atomic mass is 10.1. The highest BCUT2D eigenvalue weighted by molar-refractivity contribution is 14.1. The van der Waals surface area contributed by atoms with Crippen LogP contribution in [-0.4, -0.2) is 34.1 Å². The van der Waals surface area contributed by atoms with Crippen LogP contribution in [-0.2, 0) is 6.61 Å². The van der Waals surface area contributed by atoms with Crippen molar-refractivity contribution in [3.63, 3.8) is 0 Å². The summed E-state index contributed by atoms with van der Waals surface area (Å²) in [7, 11) is 1.59. The standard InChI is InChI=1S/C32H22IN3O6/c1-40-26-10-5-11-27-23(26)16-29(42-27)30-35-25-9-3-2-8-22(25)31(37)36(30)34-17-19-12-13-28(24(33)15-19)41-18-20-6-4-7-21(14-20)32(38)39/h2-17H,18H2,1H3,(H,38,39). The minimum atomic E-state index is -0.987. The number of nitrogens with zero attached hydrogens (tertiary/aromatic N) is 3. The summed E-state index contributed by atoms with van der Waals surface area (Å²) in [5, 5.41) is 14.9. The number of carbonyl (C=O) groups is 1. The number of rotatable bonds is 8. The molecule has 42 heavy (non-hydrogen) atoms. The maximum Gasteiger partial charge on any atom is 0.335 e. The molecule has 0 aliphatic heterocycles. The summed E-state index contributed by atoms with van der Waals surface area (Å²) >= 11 is 2.16. The average Bonchev–Trinajstić information content (AvgIpc) is 3.45. The molecule has 0 saturated carbocycles. The minimum Gasteiger partial charge on any atom is -0.496 e. The molecule has 4 aromatic carbocycles. The second-order valence-electron chi connectivity index (χ2n) is 9.28. The zero-order valence-electron chi connectivity index (χ0n) is 22.2. The van der Waals surface area contributed by atoms with Crippen molar-refractivity contribution in [2.75, 3.05) is 7.11 Å². The average molecular weight is 671 g/mol. The molecule has 0 spiro atoms. The molecule has 1 N–H and O–H groups in total. The first kappa shape index (κ1) is 27.2. The summed E-state index contributed by atoms with van der Waals surface area (Å²) in [5.41, 5.74) is 2.48.